The number of hydrogen-bond acceptors (Lipinski definition) is 3. The van der Waals surface area contributed by atoms with Crippen LogP contribution in [0.5, 0.6) is 0 Å². The number of rotatable bonds is 2. The number of carbonyl (C=O) groups excluding carboxylic acids is 1. The fourth-order valence-corrected chi connectivity index (χ4v) is 1.73. The van der Waals surface area contributed by atoms with Gasteiger partial charge in [0.2, 0.25) is 0 Å². The van der Waals surface area contributed by atoms with Crippen molar-refractivity contribution in [3.8, 4) is 0 Å². The summed E-state index contributed by atoms with van der Waals surface area (Å²) < 4.78 is 10.9. The molecule has 1 saturated heterocycles. The van der Waals surface area contributed by atoms with Crippen molar-refractivity contribution in [2.75, 3.05) is 6.61 Å². The number of hydrogen-bond donors (Lipinski definition) is 0. The van der Waals surface area contributed by atoms with E-state index in [1.165, 1.54) is 0 Å². The van der Waals surface area contributed by atoms with Crippen LogP contribution in [0.15, 0.2) is 41.4 Å². The second kappa shape index (κ2) is 3.70. The van der Waals surface area contributed by atoms with Crippen molar-refractivity contribution >= 4 is 22.1 Å². The fourth-order valence-electron chi connectivity index (χ4n) is 1.47. The third kappa shape index (κ3) is 1.77. The molecule has 1 unspecified atom stereocenters. The molecule has 3 nitrogen and oxygen atoms in total. The molecule has 1 aliphatic heterocycles. The first kappa shape index (κ1) is 10.2. The average molecular weight is 269 g/mol. The minimum Gasteiger partial charge on any atom is -0.429 e. The molecule has 0 N–H and O–H groups in total. The van der Waals surface area contributed by atoms with Crippen molar-refractivity contribution in [3.05, 3.63) is 47.0 Å². The summed E-state index contributed by atoms with van der Waals surface area (Å²) in [7, 11) is 0. The van der Waals surface area contributed by atoms with Gasteiger partial charge in [0, 0.05) is 10.0 Å². The van der Waals surface area contributed by atoms with Crippen LogP contribution >= 0.6 is 15.9 Å². The van der Waals surface area contributed by atoms with Gasteiger partial charge in [-0.15, -0.1) is 0 Å². The van der Waals surface area contributed by atoms with Gasteiger partial charge in [0.05, 0.1) is 0 Å². The quantitative estimate of drug-likeness (QED) is 0.611. The van der Waals surface area contributed by atoms with Gasteiger partial charge < -0.3 is 9.47 Å². The molecule has 4 heteroatoms. The number of cyclic esters (lactones) is 2. The minimum absolute atomic E-state index is 0.178. The molecule has 1 aromatic rings. The molecule has 1 fully saturated rings. The first-order valence-electron chi connectivity index (χ1n) is 4.42. The number of ether oxygens (including phenoxy) is 2. The number of carbonyl (C=O) groups is 1. The summed E-state index contributed by atoms with van der Waals surface area (Å²) in [6.07, 6.45) is 0.930. The van der Waals surface area contributed by atoms with E-state index in [0.717, 1.165) is 10.0 Å². The van der Waals surface area contributed by atoms with Crippen LogP contribution in [0.1, 0.15) is 5.56 Å². The summed E-state index contributed by atoms with van der Waals surface area (Å²) in [5.41, 5.74) is 0.0178. The summed E-state index contributed by atoms with van der Waals surface area (Å²) in [5.74, 6) is 0. The molecule has 1 heterocycles. The minimum atomic E-state index is -0.836. The second-order valence-electron chi connectivity index (χ2n) is 3.24. The molecule has 1 aromatic carbocycles. The van der Waals surface area contributed by atoms with Gasteiger partial charge in [0.15, 0.2) is 5.60 Å². The topological polar surface area (TPSA) is 35.5 Å². The molecule has 2 rings (SSSR count). The fraction of sp³-hybridized carbons (Fsp3) is 0.182. The SMILES string of the molecule is C=CC1(c2ccc(Br)cc2)COC(=O)O1. The predicted octanol–water partition coefficient (Wildman–Crippen LogP) is 3.00. The Morgan fingerprint density at radius 2 is 2.07 bits per heavy atom. The maximum atomic E-state index is 11.0. The van der Waals surface area contributed by atoms with E-state index in [1.54, 1.807) is 6.08 Å². The molecule has 0 spiro atoms. The summed E-state index contributed by atoms with van der Waals surface area (Å²) in [5, 5.41) is 0. The van der Waals surface area contributed by atoms with Crippen molar-refractivity contribution in [1.82, 2.24) is 0 Å². The summed E-state index contributed by atoms with van der Waals surface area (Å²) in [6, 6.07) is 7.50. The smallest absolute Gasteiger partial charge is 0.429 e. The lowest BCUT2D eigenvalue weighted by atomic mass is 9.95. The number of halogens is 1. The highest BCUT2D eigenvalue weighted by Crippen LogP contribution is 2.33. The van der Waals surface area contributed by atoms with Gasteiger partial charge >= 0.3 is 6.16 Å². The summed E-state index contributed by atoms with van der Waals surface area (Å²) in [4.78, 5) is 11.0. The maximum Gasteiger partial charge on any atom is 0.509 e. The Bertz CT molecular complexity index is 399. The lowest BCUT2D eigenvalue weighted by Gasteiger charge is -2.20. The maximum absolute atomic E-state index is 11.0. The van der Waals surface area contributed by atoms with Gasteiger partial charge in [0.1, 0.15) is 6.61 Å². The van der Waals surface area contributed by atoms with Crippen molar-refractivity contribution in [1.29, 1.82) is 0 Å². The zero-order chi connectivity index (χ0) is 10.9. The lowest BCUT2D eigenvalue weighted by Crippen LogP contribution is -2.25. The van der Waals surface area contributed by atoms with Crippen LogP contribution in [0.25, 0.3) is 0 Å². The highest BCUT2D eigenvalue weighted by molar-refractivity contribution is 9.10. The molecular weight excluding hydrogens is 260 g/mol. The van der Waals surface area contributed by atoms with E-state index in [9.17, 15) is 4.79 Å². The highest BCUT2D eigenvalue weighted by atomic mass is 79.9. The van der Waals surface area contributed by atoms with Gasteiger partial charge in [-0.05, 0) is 18.2 Å². The normalized spacial score (nSPS) is 24.5. The molecule has 0 aromatic heterocycles. The molecule has 0 saturated carbocycles. The highest BCUT2D eigenvalue weighted by Gasteiger charge is 2.41. The number of benzene rings is 1. The monoisotopic (exact) mass is 268 g/mol. The zero-order valence-electron chi connectivity index (χ0n) is 7.90. The lowest BCUT2D eigenvalue weighted by molar-refractivity contribution is 0.0887. The van der Waals surface area contributed by atoms with Crippen molar-refractivity contribution in [2.24, 2.45) is 0 Å². The van der Waals surface area contributed by atoms with Gasteiger partial charge in [-0.3, -0.25) is 0 Å². The van der Waals surface area contributed by atoms with Crippen molar-refractivity contribution < 1.29 is 14.3 Å². The molecular formula is C11H9BrO3. The Labute approximate surface area is 95.8 Å². The van der Waals surface area contributed by atoms with Crippen LogP contribution in [0.2, 0.25) is 0 Å². The van der Waals surface area contributed by atoms with Crippen LogP contribution in [0.3, 0.4) is 0 Å². The van der Waals surface area contributed by atoms with Crippen LogP contribution < -0.4 is 0 Å². The first-order chi connectivity index (χ1) is 7.16. The van der Waals surface area contributed by atoms with E-state index < -0.39 is 11.8 Å². The molecule has 0 amide bonds. The second-order valence-corrected chi connectivity index (χ2v) is 4.16. The van der Waals surface area contributed by atoms with Gasteiger partial charge in [-0.25, -0.2) is 4.79 Å². The Morgan fingerprint density at radius 1 is 1.40 bits per heavy atom. The van der Waals surface area contributed by atoms with Gasteiger partial charge in [-0.1, -0.05) is 34.6 Å². The molecule has 78 valence electrons. The van der Waals surface area contributed by atoms with Crippen molar-refractivity contribution in [3.63, 3.8) is 0 Å². The summed E-state index contributed by atoms with van der Waals surface area (Å²) >= 11 is 3.34. The zero-order valence-corrected chi connectivity index (χ0v) is 9.49. The molecule has 0 radical (unpaired) electrons. The Morgan fingerprint density at radius 3 is 2.53 bits per heavy atom. The summed E-state index contributed by atoms with van der Waals surface area (Å²) in [6.45, 7) is 3.86. The molecule has 15 heavy (non-hydrogen) atoms. The molecule has 1 aliphatic rings. The Balaban J connectivity index is 2.38. The van der Waals surface area contributed by atoms with Crippen LogP contribution in [-0.4, -0.2) is 12.8 Å². The van der Waals surface area contributed by atoms with Crippen LogP contribution in [0.4, 0.5) is 4.79 Å². The third-order valence-corrected chi connectivity index (χ3v) is 2.86. The molecule has 1 atom stereocenters. The van der Waals surface area contributed by atoms with Gasteiger partial charge in [-0.2, -0.15) is 0 Å². The largest absolute Gasteiger partial charge is 0.509 e. The van der Waals surface area contributed by atoms with E-state index >= 15 is 0 Å². The van der Waals surface area contributed by atoms with Crippen LogP contribution in [0, 0.1) is 0 Å². The molecule has 0 bridgehead atoms. The van der Waals surface area contributed by atoms with E-state index in [2.05, 4.69) is 22.5 Å². The van der Waals surface area contributed by atoms with E-state index in [-0.39, 0.29) is 6.61 Å². The Hall–Kier alpha value is -1.29. The average Bonchev–Trinajstić information content (AvgIpc) is 2.62. The van der Waals surface area contributed by atoms with Crippen LogP contribution in [-0.2, 0) is 15.1 Å². The first-order valence-corrected chi connectivity index (χ1v) is 5.21. The van der Waals surface area contributed by atoms with E-state index in [1.807, 2.05) is 24.3 Å². The van der Waals surface area contributed by atoms with E-state index in [0.29, 0.717) is 0 Å². The Kier molecular flexibility index (Phi) is 2.52. The van der Waals surface area contributed by atoms with Gasteiger partial charge in [0.25, 0.3) is 0 Å². The third-order valence-electron chi connectivity index (χ3n) is 2.33. The van der Waals surface area contributed by atoms with Crippen molar-refractivity contribution in [2.45, 2.75) is 5.60 Å². The predicted molar refractivity (Wildman–Crippen MR) is 58.5 cm³/mol. The molecule has 0 aliphatic carbocycles. The standard InChI is InChI=1S/C11H9BrO3/c1-2-11(7-14-10(13)15-11)8-3-5-9(12)6-4-8/h2-6H,1,7H2. The van der Waals surface area contributed by atoms with E-state index in [4.69, 9.17) is 9.47 Å².